The van der Waals surface area contributed by atoms with Crippen LogP contribution < -0.4 is 15.5 Å². The van der Waals surface area contributed by atoms with Crippen LogP contribution >= 0.6 is 0 Å². The van der Waals surface area contributed by atoms with Crippen molar-refractivity contribution >= 4 is 28.1 Å². The summed E-state index contributed by atoms with van der Waals surface area (Å²) in [4.78, 5) is 39.8. The molecule has 0 bridgehead atoms. The van der Waals surface area contributed by atoms with E-state index in [-0.39, 0.29) is 19.6 Å². The smallest absolute Gasteiger partial charge is 0.344 e. The molecule has 3 rings (SSSR count). The zero-order chi connectivity index (χ0) is 25.1. The summed E-state index contributed by atoms with van der Waals surface area (Å²) < 4.78 is 33.2. The van der Waals surface area contributed by atoms with Crippen molar-refractivity contribution in [1.29, 1.82) is 0 Å². The predicted octanol–water partition coefficient (Wildman–Crippen LogP) is -0.302. The van der Waals surface area contributed by atoms with E-state index in [0.717, 1.165) is 0 Å². The summed E-state index contributed by atoms with van der Waals surface area (Å²) in [5.74, 6) is -0.534. The number of hydrogen-bond donors (Lipinski definition) is 2. The van der Waals surface area contributed by atoms with E-state index in [1.807, 2.05) is 0 Å². The predicted molar refractivity (Wildman–Crippen MR) is 124 cm³/mol. The molecular formula is C21H32N6O6S. The van der Waals surface area contributed by atoms with Crippen molar-refractivity contribution in [3.8, 4) is 5.75 Å². The number of methoxy groups -OCH3 is 1. The van der Waals surface area contributed by atoms with E-state index in [9.17, 15) is 22.8 Å². The van der Waals surface area contributed by atoms with Gasteiger partial charge >= 0.3 is 6.03 Å². The molecule has 188 valence electrons. The Hall–Kier alpha value is -2.74. The van der Waals surface area contributed by atoms with E-state index >= 15 is 0 Å². The third-order valence-corrected chi connectivity index (χ3v) is 8.34. The van der Waals surface area contributed by atoms with Crippen LogP contribution in [0.5, 0.6) is 5.75 Å². The summed E-state index contributed by atoms with van der Waals surface area (Å²) in [7, 11) is -2.00. The average Bonchev–Trinajstić information content (AvgIpc) is 3.04. The Balaban J connectivity index is 1.57. The van der Waals surface area contributed by atoms with Gasteiger partial charge in [0, 0.05) is 39.3 Å². The van der Waals surface area contributed by atoms with Crippen molar-refractivity contribution in [2.45, 2.75) is 26.3 Å². The van der Waals surface area contributed by atoms with Crippen LogP contribution in [0.4, 0.5) is 4.79 Å². The number of carbonyl (C=O) groups excluding carboxylic acids is 3. The maximum atomic E-state index is 13.0. The quantitative estimate of drug-likeness (QED) is 0.449. The molecular weight excluding hydrogens is 464 g/mol. The second-order valence-electron chi connectivity index (χ2n) is 8.23. The number of ether oxygens (including phenoxy) is 1. The second-order valence-corrected chi connectivity index (χ2v) is 10.2. The number of nitrogens with zero attached hydrogens (tertiary/aromatic N) is 4. The highest BCUT2D eigenvalue weighted by atomic mass is 32.2. The van der Waals surface area contributed by atoms with E-state index in [1.54, 1.807) is 49.9 Å². The maximum absolute atomic E-state index is 13.0. The highest BCUT2D eigenvalue weighted by Gasteiger charge is 2.50. The van der Waals surface area contributed by atoms with E-state index in [4.69, 9.17) is 4.74 Å². The lowest BCUT2D eigenvalue weighted by Gasteiger charge is -2.36. The standard InChI is InChI=1S/C21H32N6O6S/c1-5-25(6-2)34(31,32)26-13-11-24(12-14-26)15-18(28)23-27-19(29)21(3,22-20(27)30)16-7-9-17(33-4)10-8-16/h7-10H,5-6,11-15H2,1-4H3,(H,22,30)(H,23,28). The molecule has 0 aromatic heterocycles. The Labute approximate surface area is 199 Å². The Morgan fingerprint density at radius 2 is 1.71 bits per heavy atom. The molecule has 2 fully saturated rings. The summed E-state index contributed by atoms with van der Waals surface area (Å²) in [6.45, 7) is 7.08. The van der Waals surface area contributed by atoms with E-state index in [0.29, 0.717) is 42.5 Å². The first-order valence-electron chi connectivity index (χ1n) is 11.1. The lowest BCUT2D eigenvalue weighted by Crippen LogP contribution is -2.56. The summed E-state index contributed by atoms with van der Waals surface area (Å²) in [6, 6.07) is 5.98. The van der Waals surface area contributed by atoms with Crippen LogP contribution in [0.1, 0.15) is 26.3 Å². The zero-order valence-corrected chi connectivity index (χ0v) is 20.7. The summed E-state index contributed by atoms with van der Waals surface area (Å²) in [5.41, 5.74) is 1.60. The minimum Gasteiger partial charge on any atom is -0.497 e. The molecule has 34 heavy (non-hydrogen) atoms. The number of benzene rings is 1. The fourth-order valence-corrected chi connectivity index (χ4v) is 5.66. The fraction of sp³-hybridized carbons (Fsp3) is 0.571. The van der Waals surface area contributed by atoms with Crippen molar-refractivity contribution < 1.29 is 27.5 Å². The van der Waals surface area contributed by atoms with Crippen molar-refractivity contribution in [2.75, 3.05) is 52.9 Å². The monoisotopic (exact) mass is 496 g/mol. The lowest BCUT2D eigenvalue weighted by molar-refractivity contribution is -0.139. The molecule has 12 nitrogen and oxygen atoms in total. The van der Waals surface area contributed by atoms with Crippen LogP contribution in [0.3, 0.4) is 0 Å². The highest BCUT2D eigenvalue weighted by Crippen LogP contribution is 2.29. The third kappa shape index (κ3) is 5.02. The van der Waals surface area contributed by atoms with Crippen LogP contribution in [-0.2, 0) is 25.3 Å². The summed E-state index contributed by atoms with van der Waals surface area (Å²) >= 11 is 0. The van der Waals surface area contributed by atoms with Gasteiger partial charge < -0.3 is 10.1 Å². The fourth-order valence-electron chi connectivity index (χ4n) is 4.06. The topological polar surface area (TPSA) is 132 Å². The van der Waals surface area contributed by atoms with Gasteiger partial charge in [0.25, 0.3) is 22.0 Å². The Bertz CT molecular complexity index is 1020. The van der Waals surface area contributed by atoms with Gasteiger partial charge in [0.2, 0.25) is 0 Å². The van der Waals surface area contributed by atoms with E-state index < -0.39 is 33.6 Å². The van der Waals surface area contributed by atoms with Crippen LogP contribution in [0.2, 0.25) is 0 Å². The molecule has 0 aliphatic carbocycles. The summed E-state index contributed by atoms with van der Waals surface area (Å²) in [6.07, 6.45) is 0. The SMILES string of the molecule is CCN(CC)S(=O)(=O)N1CCN(CC(=O)NN2C(=O)NC(C)(c3ccc(OC)cc3)C2=O)CC1. The Kier molecular flexibility index (Phi) is 7.81. The molecule has 0 spiro atoms. The van der Waals surface area contributed by atoms with Gasteiger partial charge in [0.1, 0.15) is 11.3 Å². The van der Waals surface area contributed by atoms with Gasteiger partial charge in [-0.3, -0.25) is 19.9 Å². The minimum absolute atomic E-state index is 0.0739. The number of nitrogens with one attached hydrogen (secondary N) is 2. The summed E-state index contributed by atoms with van der Waals surface area (Å²) in [5, 5.41) is 3.32. The molecule has 2 saturated heterocycles. The van der Waals surface area contributed by atoms with Crippen LogP contribution in [0, 0.1) is 0 Å². The number of urea groups is 1. The van der Waals surface area contributed by atoms with Gasteiger partial charge in [-0.25, -0.2) is 4.79 Å². The van der Waals surface area contributed by atoms with Gasteiger partial charge in [-0.1, -0.05) is 26.0 Å². The number of amides is 4. The molecule has 1 aromatic rings. The van der Waals surface area contributed by atoms with E-state index in [2.05, 4.69) is 10.7 Å². The van der Waals surface area contributed by atoms with Gasteiger partial charge in [-0.2, -0.15) is 22.0 Å². The van der Waals surface area contributed by atoms with Crippen LogP contribution in [-0.4, -0.2) is 97.7 Å². The van der Waals surface area contributed by atoms with Crippen molar-refractivity contribution in [3.05, 3.63) is 29.8 Å². The number of hydrogen-bond acceptors (Lipinski definition) is 7. The molecule has 2 N–H and O–H groups in total. The zero-order valence-electron chi connectivity index (χ0n) is 19.9. The van der Waals surface area contributed by atoms with E-state index in [1.165, 1.54) is 15.7 Å². The maximum Gasteiger partial charge on any atom is 0.344 e. The second kappa shape index (κ2) is 10.3. The van der Waals surface area contributed by atoms with Crippen molar-refractivity contribution in [2.24, 2.45) is 0 Å². The van der Waals surface area contributed by atoms with Crippen molar-refractivity contribution in [1.82, 2.24) is 29.3 Å². The average molecular weight is 497 g/mol. The molecule has 2 heterocycles. The number of imide groups is 1. The first-order chi connectivity index (χ1) is 16.1. The molecule has 4 amide bonds. The van der Waals surface area contributed by atoms with Crippen LogP contribution in [0.25, 0.3) is 0 Å². The largest absolute Gasteiger partial charge is 0.497 e. The molecule has 13 heteroatoms. The number of hydrazine groups is 1. The van der Waals surface area contributed by atoms with Gasteiger partial charge in [-0.15, -0.1) is 0 Å². The molecule has 1 atom stereocenters. The highest BCUT2D eigenvalue weighted by molar-refractivity contribution is 7.86. The minimum atomic E-state index is -3.53. The number of carbonyl (C=O) groups is 3. The van der Waals surface area contributed by atoms with Gasteiger partial charge in [0.15, 0.2) is 0 Å². The molecule has 2 aliphatic heterocycles. The third-order valence-electron chi connectivity index (χ3n) is 6.15. The van der Waals surface area contributed by atoms with Crippen LogP contribution in [0.15, 0.2) is 24.3 Å². The molecule has 1 unspecified atom stereocenters. The molecule has 0 saturated carbocycles. The number of piperazine rings is 1. The molecule has 2 aliphatic rings. The lowest BCUT2D eigenvalue weighted by atomic mass is 9.92. The van der Waals surface area contributed by atoms with Gasteiger partial charge in [0.05, 0.1) is 13.7 Å². The number of rotatable bonds is 9. The first kappa shape index (κ1) is 25.9. The Morgan fingerprint density at radius 1 is 1.12 bits per heavy atom. The first-order valence-corrected chi connectivity index (χ1v) is 12.5. The normalized spacial score (nSPS) is 22.2. The molecule has 0 radical (unpaired) electrons. The van der Waals surface area contributed by atoms with Gasteiger partial charge in [-0.05, 0) is 24.6 Å². The molecule has 1 aromatic carbocycles. The van der Waals surface area contributed by atoms with Crippen molar-refractivity contribution in [3.63, 3.8) is 0 Å². The Morgan fingerprint density at radius 3 is 2.24 bits per heavy atom.